The third-order valence-corrected chi connectivity index (χ3v) is 9.28. The predicted molar refractivity (Wildman–Crippen MR) is 195 cm³/mol. The number of unbranched alkanes of at least 4 members (excludes halogenated alkanes) is 2. The lowest BCUT2D eigenvalue weighted by Gasteiger charge is -2.27. The molecular weight excluding hydrogens is 674 g/mol. The van der Waals surface area contributed by atoms with Crippen molar-refractivity contribution >= 4 is 53.8 Å². The van der Waals surface area contributed by atoms with Crippen molar-refractivity contribution in [2.45, 2.75) is 109 Å². The van der Waals surface area contributed by atoms with Gasteiger partial charge in [0.1, 0.15) is 17.8 Å². The van der Waals surface area contributed by atoms with Gasteiger partial charge in [0.05, 0.1) is 19.7 Å². The maximum absolute atomic E-state index is 13.1. The Morgan fingerprint density at radius 2 is 1.57 bits per heavy atom. The fraction of sp³-hybridized carbons (Fsp3) is 0.676. The van der Waals surface area contributed by atoms with Gasteiger partial charge in [-0.2, -0.15) is 11.8 Å². The van der Waals surface area contributed by atoms with Gasteiger partial charge in [-0.3, -0.25) is 24.0 Å². The van der Waals surface area contributed by atoms with Crippen molar-refractivity contribution in [1.29, 1.82) is 0 Å². The SMILES string of the molecule is COC(=O)CCCCCNC(=O)[C@H](CC1CCCCC1)NC(=O)CNC(=O)[C@@H](CCSC)NC(=O)[C@@H](N)Cc1c(C)cc(O)cc1C.Cl.O. The lowest BCUT2D eigenvalue weighted by molar-refractivity contribution is -0.140. The van der Waals surface area contributed by atoms with E-state index in [1.807, 2.05) is 20.1 Å². The van der Waals surface area contributed by atoms with Gasteiger partial charge in [-0.1, -0.05) is 38.5 Å². The second kappa shape index (κ2) is 25.0. The highest BCUT2D eigenvalue weighted by Crippen LogP contribution is 2.27. The molecule has 1 aliphatic rings. The van der Waals surface area contributed by atoms with Crippen LogP contribution < -0.4 is 27.0 Å². The number of thioether (sulfide) groups is 1. The van der Waals surface area contributed by atoms with Gasteiger partial charge in [0.25, 0.3) is 0 Å². The molecule has 4 amide bonds. The van der Waals surface area contributed by atoms with Gasteiger partial charge >= 0.3 is 5.97 Å². The molecular formula is C34H58ClN5O8S. The van der Waals surface area contributed by atoms with E-state index in [2.05, 4.69) is 26.0 Å². The molecule has 1 saturated carbocycles. The number of phenols is 1. The summed E-state index contributed by atoms with van der Waals surface area (Å²) in [5.74, 6) is -0.928. The van der Waals surface area contributed by atoms with Crippen LogP contribution in [-0.2, 0) is 35.1 Å². The molecule has 0 heterocycles. The Labute approximate surface area is 301 Å². The summed E-state index contributed by atoms with van der Waals surface area (Å²) in [5.41, 5.74) is 8.73. The number of benzene rings is 1. The molecule has 0 radical (unpaired) electrons. The first-order valence-corrected chi connectivity index (χ1v) is 18.1. The van der Waals surface area contributed by atoms with Crippen LogP contribution in [0.1, 0.15) is 87.3 Å². The smallest absolute Gasteiger partial charge is 0.305 e. The summed E-state index contributed by atoms with van der Waals surface area (Å²) < 4.78 is 4.65. The number of aromatic hydroxyl groups is 1. The lowest BCUT2D eigenvalue weighted by atomic mass is 9.84. The van der Waals surface area contributed by atoms with Crippen molar-refractivity contribution in [3.8, 4) is 5.75 Å². The number of phenolic OH excluding ortho intramolecular Hbond substituents is 1. The number of aryl methyl sites for hydroxylation is 2. The maximum Gasteiger partial charge on any atom is 0.305 e. The van der Waals surface area contributed by atoms with E-state index in [9.17, 15) is 29.1 Å². The van der Waals surface area contributed by atoms with E-state index in [1.54, 1.807) is 12.1 Å². The van der Waals surface area contributed by atoms with E-state index in [4.69, 9.17) is 5.73 Å². The van der Waals surface area contributed by atoms with Gasteiger partial charge < -0.3 is 42.3 Å². The number of amides is 4. The van der Waals surface area contributed by atoms with Gasteiger partial charge in [0.15, 0.2) is 0 Å². The van der Waals surface area contributed by atoms with Crippen LogP contribution in [0.25, 0.3) is 0 Å². The van der Waals surface area contributed by atoms with Crippen LogP contribution in [0.3, 0.4) is 0 Å². The quantitative estimate of drug-likeness (QED) is 0.0853. The normalized spacial score (nSPS) is 14.6. The van der Waals surface area contributed by atoms with Crippen LogP contribution in [-0.4, -0.2) is 90.5 Å². The second-order valence-electron chi connectivity index (χ2n) is 12.5. The lowest BCUT2D eigenvalue weighted by Crippen LogP contribution is -2.54. The summed E-state index contributed by atoms with van der Waals surface area (Å²) >= 11 is 1.53. The molecule has 3 atom stereocenters. The standard InChI is InChI=1S/C34H55N5O7S.ClH.H2O/c1-22-17-25(40)18-23(2)26(22)20-27(35)32(43)39-28(14-16-47-4)33(44)37-21-30(41)38-29(19-24-11-7-5-8-12-24)34(45)36-15-10-6-9-13-31(42)46-3;;/h17-18,24,27-29,40H,5-16,19-21,35H2,1-4H3,(H,36,45)(H,37,44)(H,38,41)(H,39,43);1H;1H2/t27-,28+,29-;;/m0../s1. The van der Waals surface area contributed by atoms with E-state index in [0.717, 1.165) is 48.8 Å². The number of halogens is 1. The molecule has 13 nitrogen and oxygen atoms in total. The summed E-state index contributed by atoms with van der Waals surface area (Å²) in [4.78, 5) is 63.6. The van der Waals surface area contributed by atoms with Gasteiger partial charge in [0, 0.05) is 13.0 Å². The van der Waals surface area contributed by atoms with Crippen molar-refractivity contribution in [1.82, 2.24) is 21.3 Å². The molecule has 0 spiro atoms. The van der Waals surface area contributed by atoms with Crippen molar-refractivity contribution in [2.75, 3.05) is 32.2 Å². The first kappa shape index (κ1) is 45.9. The second-order valence-corrected chi connectivity index (χ2v) is 13.5. The van der Waals surface area contributed by atoms with Crippen molar-refractivity contribution in [2.24, 2.45) is 11.7 Å². The molecule has 1 fully saturated rings. The van der Waals surface area contributed by atoms with E-state index in [0.29, 0.717) is 50.3 Å². The minimum absolute atomic E-state index is 0. The highest BCUT2D eigenvalue weighted by Gasteiger charge is 2.28. The highest BCUT2D eigenvalue weighted by molar-refractivity contribution is 7.98. The fourth-order valence-electron chi connectivity index (χ4n) is 5.92. The number of hydrogen-bond donors (Lipinski definition) is 6. The fourth-order valence-corrected chi connectivity index (χ4v) is 6.39. The van der Waals surface area contributed by atoms with Crippen LogP contribution in [0.5, 0.6) is 5.75 Å². The third-order valence-electron chi connectivity index (χ3n) is 8.64. The summed E-state index contributed by atoms with van der Waals surface area (Å²) in [6, 6.07) is 0.695. The van der Waals surface area contributed by atoms with Crippen LogP contribution in [0.15, 0.2) is 12.1 Å². The number of carbonyl (C=O) groups excluding carboxylic acids is 5. The number of nitrogens with one attached hydrogen (secondary N) is 4. The van der Waals surface area contributed by atoms with E-state index < -0.39 is 35.8 Å². The number of carbonyl (C=O) groups is 5. The van der Waals surface area contributed by atoms with Crippen LogP contribution in [0.2, 0.25) is 0 Å². The van der Waals surface area contributed by atoms with Gasteiger partial charge in [-0.25, -0.2) is 0 Å². The molecule has 49 heavy (non-hydrogen) atoms. The molecule has 9 N–H and O–H groups in total. The molecule has 1 aromatic carbocycles. The Morgan fingerprint density at radius 3 is 2.18 bits per heavy atom. The van der Waals surface area contributed by atoms with Crippen molar-refractivity contribution < 1.29 is 39.3 Å². The monoisotopic (exact) mass is 731 g/mol. The largest absolute Gasteiger partial charge is 0.508 e. The van der Waals surface area contributed by atoms with Crippen LogP contribution in [0.4, 0.5) is 0 Å². The highest BCUT2D eigenvalue weighted by atomic mass is 35.5. The number of methoxy groups -OCH3 is 1. The zero-order valence-electron chi connectivity index (χ0n) is 29.4. The minimum Gasteiger partial charge on any atom is -0.508 e. The average Bonchev–Trinajstić information content (AvgIpc) is 3.04. The van der Waals surface area contributed by atoms with E-state index in [-0.39, 0.29) is 48.5 Å². The first-order valence-electron chi connectivity index (χ1n) is 16.7. The number of esters is 1. The van der Waals surface area contributed by atoms with Crippen molar-refractivity contribution in [3.63, 3.8) is 0 Å². The van der Waals surface area contributed by atoms with Gasteiger partial charge in [-0.05, 0) is 92.7 Å². The zero-order valence-corrected chi connectivity index (χ0v) is 31.0. The zero-order chi connectivity index (χ0) is 34.8. The molecule has 0 bridgehead atoms. The van der Waals surface area contributed by atoms with Gasteiger partial charge in [-0.15, -0.1) is 12.4 Å². The Kier molecular flexibility index (Phi) is 23.4. The average molecular weight is 732 g/mol. The molecule has 0 unspecified atom stereocenters. The summed E-state index contributed by atoms with van der Waals surface area (Å²) in [7, 11) is 1.36. The summed E-state index contributed by atoms with van der Waals surface area (Å²) in [5, 5.41) is 20.9. The Bertz CT molecular complexity index is 1180. The Morgan fingerprint density at radius 1 is 0.939 bits per heavy atom. The molecule has 0 aliphatic heterocycles. The first-order chi connectivity index (χ1) is 22.4. The summed E-state index contributed by atoms with van der Waals surface area (Å²) in [6.45, 7) is 3.76. The van der Waals surface area contributed by atoms with Gasteiger partial charge in [0.2, 0.25) is 23.6 Å². The number of nitrogens with two attached hydrogens (primary N) is 1. The molecule has 1 aromatic rings. The van der Waals surface area contributed by atoms with E-state index in [1.165, 1.54) is 25.3 Å². The Balaban J connectivity index is 0.0000115. The van der Waals surface area contributed by atoms with Crippen LogP contribution >= 0.6 is 24.2 Å². The number of ether oxygens (including phenoxy) is 1. The van der Waals surface area contributed by atoms with E-state index >= 15 is 0 Å². The molecule has 2 rings (SSSR count). The predicted octanol–water partition coefficient (Wildman–Crippen LogP) is 2.13. The molecule has 0 aromatic heterocycles. The number of rotatable bonds is 20. The summed E-state index contributed by atoms with van der Waals surface area (Å²) in [6.07, 6.45) is 10.9. The maximum atomic E-state index is 13.1. The van der Waals surface area contributed by atoms with Crippen molar-refractivity contribution in [3.05, 3.63) is 28.8 Å². The topological polar surface area (TPSA) is 220 Å². The number of hydrogen-bond acceptors (Lipinski definition) is 9. The van der Waals surface area contributed by atoms with Crippen LogP contribution in [0, 0.1) is 19.8 Å². The molecule has 280 valence electrons. The molecule has 0 saturated heterocycles. The molecule has 15 heteroatoms. The molecule has 1 aliphatic carbocycles. The minimum atomic E-state index is -0.920. The Hall–Kier alpha value is -3.07. The third kappa shape index (κ3) is 17.4.